The number of aliphatic hydroxyl groups excluding tert-OH is 1. The second-order valence-corrected chi connectivity index (χ2v) is 9.98. The van der Waals surface area contributed by atoms with Crippen molar-refractivity contribution in [1.29, 1.82) is 0 Å². The number of ether oxygens (including phenoxy) is 4. The van der Waals surface area contributed by atoms with Crippen molar-refractivity contribution in [1.82, 2.24) is 0 Å². The van der Waals surface area contributed by atoms with Gasteiger partial charge < -0.3 is 38.7 Å². The fourth-order valence-electron chi connectivity index (χ4n) is 2.40. The lowest BCUT2D eigenvalue weighted by Crippen LogP contribution is -2.61. The molecule has 4 N–H and O–H groups in total. The zero-order valence-corrected chi connectivity index (χ0v) is 17.4. The zero-order chi connectivity index (χ0) is 22.6. The van der Waals surface area contributed by atoms with E-state index in [0.717, 1.165) is 20.8 Å². The van der Waals surface area contributed by atoms with E-state index in [-0.39, 0.29) is 0 Å². The van der Waals surface area contributed by atoms with Gasteiger partial charge in [0.25, 0.3) is 0 Å². The molecule has 0 aromatic rings. The fraction of sp³-hybridized carbons (Fsp3) is 0.769. The highest BCUT2D eigenvalue weighted by molar-refractivity contribution is 7.70. The molecule has 0 aliphatic carbocycles. The van der Waals surface area contributed by atoms with Gasteiger partial charge in [0.05, 0.1) is 0 Å². The Balaban J connectivity index is 3.19. The largest absolute Gasteiger partial charge is 0.463 e. The SMILES string of the molecule is CC(=O)OCC1O[C@H](OP(=O)(O)CP(=O)(O)O)C(O)C(OC(C)=O)[C@H]1OC(C)=O. The molecular weight excluding hydrogens is 442 g/mol. The van der Waals surface area contributed by atoms with Crippen molar-refractivity contribution >= 4 is 33.1 Å². The molecule has 0 amide bonds. The summed E-state index contributed by atoms with van der Waals surface area (Å²) >= 11 is 0. The van der Waals surface area contributed by atoms with Crippen LogP contribution in [0.3, 0.4) is 0 Å². The van der Waals surface area contributed by atoms with Gasteiger partial charge in [-0.25, -0.2) is 0 Å². The van der Waals surface area contributed by atoms with Crippen molar-refractivity contribution in [2.75, 3.05) is 12.5 Å². The van der Waals surface area contributed by atoms with E-state index >= 15 is 0 Å². The van der Waals surface area contributed by atoms with E-state index in [1.54, 1.807) is 0 Å². The third-order valence-corrected chi connectivity index (χ3v) is 6.74. The molecule has 0 radical (unpaired) electrons. The van der Waals surface area contributed by atoms with Crippen molar-refractivity contribution < 1.29 is 66.8 Å². The minimum Gasteiger partial charge on any atom is -0.463 e. The summed E-state index contributed by atoms with van der Waals surface area (Å²) in [7, 11) is -9.98. The number of aliphatic hydroxyl groups is 1. The molecule has 0 spiro atoms. The predicted molar refractivity (Wildman–Crippen MR) is 90.2 cm³/mol. The second-order valence-electron chi connectivity index (χ2n) is 6.03. The molecule has 1 aliphatic heterocycles. The third-order valence-electron chi connectivity index (χ3n) is 3.30. The van der Waals surface area contributed by atoms with Crippen LogP contribution in [-0.4, -0.2) is 80.9 Å². The lowest BCUT2D eigenvalue weighted by molar-refractivity contribution is -0.286. The van der Waals surface area contributed by atoms with E-state index in [4.69, 9.17) is 28.7 Å². The molecule has 4 unspecified atom stereocenters. The second kappa shape index (κ2) is 10.1. The first kappa shape index (κ1) is 25.7. The molecule has 168 valence electrons. The van der Waals surface area contributed by atoms with Gasteiger partial charge in [-0.15, -0.1) is 0 Å². The van der Waals surface area contributed by atoms with Crippen molar-refractivity contribution in [3.05, 3.63) is 0 Å². The van der Waals surface area contributed by atoms with Crippen LogP contribution in [-0.2, 0) is 47.0 Å². The Hall–Kier alpha value is -1.37. The first-order valence-corrected chi connectivity index (χ1v) is 11.5. The summed E-state index contributed by atoms with van der Waals surface area (Å²) in [6, 6.07) is 0. The van der Waals surface area contributed by atoms with Gasteiger partial charge in [-0.1, -0.05) is 0 Å². The molecule has 1 heterocycles. The molecule has 1 rings (SSSR count). The number of rotatable bonds is 8. The average molecular weight is 464 g/mol. The monoisotopic (exact) mass is 464 g/mol. The standard InChI is InChI=1S/C13H22O14P2/c1-6(14)23-4-9-11(24-7(2)15)12(25-8(3)16)10(17)13(26-9)27-29(21,22)5-28(18,19)20/h9-13,17H,4-5H2,1-3H3,(H,21,22)(H2,18,19,20)/t9?,10?,11-,12?,13+/m0/s1. The Morgan fingerprint density at radius 1 is 0.931 bits per heavy atom. The summed E-state index contributed by atoms with van der Waals surface area (Å²) in [6.07, 6.45) is -8.64. The van der Waals surface area contributed by atoms with Gasteiger partial charge in [0.15, 0.2) is 24.4 Å². The molecule has 1 aliphatic rings. The quantitative estimate of drug-likeness (QED) is 0.189. The van der Waals surface area contributed by atoms with Gasteiger partial charge in [-0.05, 0) is 0 Å². The Labute approximate surface area is 164 Å². The van der Waals surface area contributed by atoms with Gasteiger partial charge in [0.2, 0.25) is 0 Å². The molecular formula is C13H22O14P2. The zero-order valence-electron chi connectivity index (χ0n) is 15.6. The first-order chi connectivity index (χ1) is 13.1. The summed E-state index contributed by atoms with van der Waals surface area (Å²) in [5.74, 6) is -4.14. The van der Waals surface area contributed by atoms with Crippen LogP contribution in [0.4, 0.5) is 0 Å². The summed E-state index contributed by atoms with van der Waals surface area (Å²) in [6.45, 7) is 2.43. The molecule has 0 saturated carbocycles. The molecule has 16 heteroatoms. The maximum absolute atomic E-state index is 12.0. The number of carbonyl (C=O) groups is 3. The smallest absolute Gasteiger partial charge is 0.342 e. The molecule has 14 nitrogen and oxygen atoms in total. The third kappa shape index (κ3) is 8.89. The van der Waals surface area contributed by atoms with Crippen LogP contribution in [0.15, 0.2) is 0 Å². The van der Waals surface area contributed by atoms with Gasteiger partial charge in [0.1, 0.15) is 18.8 Å². The van der Waals surface area contributed by atoms with E-state index in [1.807, 2.05) is 0 Å². The van der Waals surface area contributed by atoms with Crippen molar-refractivity contribution in [2.24, 2.45) is 0 Å². The van der Waals surface area contributed by atoms with Crippen LogP contribution < -0.4 is 0 Å². The number of esters is 3. The van der Waals surface area contributed by atoms with Crippen LogP contribution in [0.1, 0.15) is 20.8 Å². The van der Waals surface area contributed by atoms with E-state index in [1.165, 1.54) is 0 Å². The van der Waals surface area contributed by atoms with E-state index in [2.05, 4.69) is 4.52 Å². The average Bonchev–Trinajstić information content (AvgIpc) is 2.48. The maximum atomic E-state index is 12.0. The fourth-order valence-corrected chi connectivity index (χ4v) is 5.03. The van der Waals surface area contributed by atoms with Crippen molar-refractivity contribution in [2.45, 2.75) is 51.5 Å². The highest BCUT2D eigenvalue weighted by atomic mass is 31.2. The van der Waals surface area contributed by atoms with Crippen LogP contribution in [0.5, 0.6) is 0 Å². The molecule has 0 bridgehead atoms. The highest BCUT2D eigenvalue weighted by Gasteiger charge is 2.52. The summed E-state index contributed by atoms with van der Waals surface area (Å²) in [4.78, 5) is 61.3. The molecule has 6 atom stereocenters. The van der Waals surface area contributed by atoms with Crippen LogP contribution in [0.2, 0.25) is 0 Å². The Morgan fingerprint density at radius 3 is 1.90 bits per heavy atom. The minimum atomic E-state index is -5.00. The van der Waals surface area contributed by atoms with Gasteiger partial charge >= 0.3 is 33.1 Å². The van der Waals surface area contributed by atoms with Crippen molar-refractivity contribution in [3.8, 4) is 0 Å². The van der Waals surface area contributed by atoms with Gasteiger partial charge in [-0.3, -0.25) is 28.0 Å². The Bertz CT molecular complexity index is 716. The van der Waals surface area contributed by atoms with Gasteiger partial charge in [0, 0.05) is 20.8 Å². The first-order valence-electron chi connectivity index (χ1n) is 7.97. The molecule has 1 fully saturated rings. The predicted octanol–water partition coefficient (Wildman–Crippen LogP) is -1.16. The molecule has 0 aromatic carbocycles. The Kier molecular flexibility index (Phi) is 8.93. The minimum absolute atomic E-state index is 0.591. The summed E-state index contributed by atoms with van der Waals surface area (Å²) in [5.41, 5.74) is 0. The van der Waals surface area contributed by atoms with Crippen LogP contribution in [0.25, 0.3) is 0 Å². The highest BCUT2D eigenvalue weighted by Crippen LogP contribution is 2.56. The van der Waals surface area contributed by atoms with E-state index in [9.17, 15) is 33.5 Å². The van der Waals surface area contributed by atoms with Crippen LogP contribution >= 0.6 is 15.2 Å². The lowest BCUT2D eigenvalue weighted by Gasteiger charge is -2.43. The van der Waals surface area contributed by atoms with Crippen molar-refractivity contribution in [3.63, 3.8) is 0 Å². The number of hydrogen-bond donors (Lipinski definition) is 4. The van der Waals surface area contributed by atoms with E-state index in [0.29, 0.717) is 0 Å². The molecule has 29 heavy (non-hydrogen) atoms. The number of carbonyl (C=O) groups excluding carboxylic acids is 3. The van der Waals surface area contributed by atoms with Crippen LogP contribution in [0, 0.1) is 0 Å². The maximum Gasteiger partial charge on any atom is 0.342 e. The molecule has 0 aromatic heterocycles. The Morgan fingerprint density at radius 2 is 1.45 bits per heavy atom. The topological polar surface area (TPSA) is 212 Å². The summed E-state index contributed by atoms with van der Waals surface area (Å²) < 4.78 is 47.5. The molecule has 1 saturated heterocycles. The van der Waals surface area contributed by atoms with E-state index < -0.39 is 76.3 Å². The number of hydrogen-bond acceptors (Lipinski definition) is 11. The summed E-state index contributed by atoms with van der Waals surface area (Å²) in [5, 5.41) is 10.4. The van der Waals surface area contributed by atoms with Gasteiger partial charge in [-0.2, -0.15) is 0 Å². The lowest BCUT2D eigenvalue weighted by atomic mass is 9.98. The normalized spacial score (nSPS) is 29.4.